The highest BCUT2D eigenvalue weighted by Gasteiger charge is 2.15. The molecule has 0 rings (SSSR count). The Labute approximate surface area is 172 Å². The fourth-order valence-electron chi connectivity index (χ4n) is 2.42. The van der Waals surface area contributed by atoms with Gasteiger partial charge in [0.15, 0.2) is 0 Å². The minimum Gasteiger partial charge on any atom is -0.435 e. The molecular weight excluding hydrogens is 384 g/mol. The summed E-state index contributed by atoms with van der Waals surface area (Å²) < 4.78 is 19.1. The molecule has 29 heavy (non-hydrogen) atoms. The SMILES string of the molecule is CCOC(=O)OCCN(CCOC(=O)OCC)C(=O)CCCCCCCC(N)=O. The van der Waals surface area contributed by atoms with Crippen LogP contribution in [0.1, 0.15) is 58.8 Å². The van der Waals surface area contributed by atoms with Gasteiger partial charge in [-0.15, -0.1) is 0 Å². The Kier molecular flexibility index (Phi) is 16.0. The third-order valence-electron chi connectivity index (χ3n) is 3.85. The topological polar surface area (TPSA) is 134 Å². The van der Waals surface area contributed by atoms with Gasteiger partial charge < -0.3 is 29.6 Å². The van der Waals surface area contributed by atoms with Crippen LogP contribution in [0.25, 0.3) is 0 Å². The molecule has 0 unspecified atom stereocenters. The molecule has 0 aliphatic carbocycles. The zero-order valence-electron chi connectivity index (χ0n) is 17.5. The van der Waals surface area contributed by atoms with E-state index in [0.717, 1.165) is 25.7 Å². The Morgan fingerprint density at radius 2 is 1.14 bits per heavy atom. The van der Waals surface area contributed by atoms with Crippen LogP contribution < -0.4 is 5.73 Å². The zero-order valence-corrected chi connectivity index (χ0v) is 17.5. The molecule has 10 heteroatoms. The lowest BCUT2D eigenvalue weighted by molar-refractivity contribution is -0.132. The summed E-state index contributed by atoms with van der Waals surface area (Å²) in [6.07, 6.45) is 3.24. The van der Waals surface area contributed by atoms with Gasteiger partial charge in [-0.05, 0) is 26.7 Å². The summed E-state index contributed by atoms with van der Waals surface area (Å²) in [6, 6.07) is 0. The van der Waals surface area contributed by atoms with Crippen LogP contribution >= 0.6 is 0 Å². The number of nitrogens with two attached hydrogens (primary N) is 1. The molecule has 168 valence electrons. The second kappa shape index (κ2) is 17.6. The van der Waals surface area contributed by atoms with Crippen LogP contribution in [0.3, 0.4) is 0 Å². The van der Waals surface area contributed by atoms with E-state index in [2.05, 4.69) is 9.47 Å². The quantitative estimate of drug-likeness (QED) is 0.298. The lowest BCUT2D eigenvalue weighted by Crippen LogP contribution is -2.37. The molecular formula is C19H34N2O8. The minimum absolute atomic E-state index is 0.0168. The van der Waals surface area contributed by atoms with Crippen molar-refractivity contribution >= 4 is 24.1 Å². The Morgan fingerprint density at radius 3 is 1.59 bits per heavy atom. The van der Waals surface area contributed by atoms with Gasteiger partial charge in [-0.25, -0.2) is 9.59 Å². The average Bonchev–Trinajstić information content (AvgIpc) is 2.66. The maximum Gasteiger partial charge on any atom is 0.508 e. The smallest absolute Gasteiger partial charge is 0.435 e. The number of hydrogen-bond donors (Lipinski definition) is 1. The van der Waals surface area contributed by atoms with E-state index >= 15 is 0 Å². The van der Waals surface area contributed by atoms with E-state index < -0.39 is 12.3 Å². The molecule has 2 N–H and O–H groups in total. The molecule has 0 aliphatic heterocycles. The van der Waals surface area contributed by atoms with Crippen molar-refractivity contribution in [3.05, 3.63) is 0 Å². The first-order valence-electron chi connectivity index (χ1n) is 10.1. The number of ether oxygens (including phenoxy) is 4. The largest absolute Gasteiger partial charge is 0.508 e. The van der Waals surface area contributed by atoms with Crippen LogP contribution in [0.2, 0.25) is 0 Å². The summed E-state index contributed by atoms with van der Waals surface area (Å²) in [6.45, 7) is 4.04. The lowest BCUT2D eigenvalue weighted by Gasteiger charge is -2.22. The number of rotatable bonds is 16. The standard InChI is InChI=1S/C19H34N2O8/c1-3-26-18(24)28-14-12-21(13-15-29-19(25)27-4-2)17(23)11-9-7-5-6-8-10-16(20)22/h3-15H2,1-2H3,(H2,20,22). The number of nitrogens with zero attached hydrogens (tertiary/aromatic N) is 1. The fraction of sp³-hybridized carbons (Fsp3) is 0.789. The summed E-state index contributed by atoms with van der Waals surface area (Å²) >= 11 is 0. The molecule has 0 saturated heterocycles. The number of unbranched alkanes of at least 4 members (excludes halogenated alkanes) is 4. The molecule has 0 aromatic carbocycles. The van der Waals surface area contributed by atoms with Gasteiger partial charge in [-0.2, -0.15) is 0 Å². The van der Waals surface area contributed by atoms with E-state index in [1.165, 1.54) is 4.90 Å². The predicted molar refractivity (Wildman–Crippen MR) is 104 cm³/mol. The first-order valence-corrected chi connectivity index (χ1v) is 10.1. The van der Waals surface area contributed by atoms with E-state index in [1.807, 2.05) is 0 Å². The van der Waals surface area contributed by atoms with Gasteiger partial charge in [-0.3, -0.25) is 9.59 Å². The average molecular weight is 418 g/mol. The number of carbonyl (C=O) groups excluding carboxylic acids is 4. The van der Waals surface area contributed by atoms with E-state index in [1.54, 1.807) is 13.8 Å². The van der Waals surface area contributed by atoms with Crippen molar-refractivity contribution in [2.24, 2.45) is 5.73 Å². The second-order valence-electron chi connectivity index (χ2n) is 6.18. The maximum absolute atomic E-state index is 12.4. The Balaban J connectivity index is 4.26. The van der Waals surface area contributed by atoms with Crippen LogP contribution in [-0.2, 0) is 28.5 Å². The fourth-order valence-corrected chi connectivity index (χ4v) is 2.42. The molecule has 0 aliphatic rings. The highest BCUT2D eigenvalue weighted by Crippen LogP contribution is 2.09. The molecule has 0 aromatic heterocycles. The van der Waals surface area contributed by atoms with Gasteiger partial charge in [0.25, 0.3) is 0 Å². The molecule has 0 bridgehead atoms. The van der Waals surface area contributed by atoms with Crippen LogP contribution in [0.4, 0.5) is 9.59 Å². The van der Waals surface area contributed by atoms with Gasteiger partial charge in [0.05, 0.1) is 26.3 Å². The van der Waals surface area contributed by atoms with Gasteiger partial charge in [0.1, 0.15) is 13.2 Å². The van der Waals surface area contributed by atoms with Crippen molar-refractivity contribution in [3.63, 3.8) is 0 Å². The van der Waals surface area contributed by atoms with E-state index in [9.17, 15) is 19.2 Å². The van der Waals surface area contributed by atoms with Crippen molar-refractivity contribution in [1.82, 2.24) is 4.90 Å². The molecule has 0 heterocycles. The molecule has 0 saturated carbocycles. The third-order valence-corrected chi connectivity index (χ3v) is 3.85. The molecule has 0 spiro atoms. The summed E-state index contributed by atoms with van der Waals surface area (Å²) in [4.78, 5) is 47.1. The van der Waals surface area contributed by atoms with Crippen LogP contribution in [0.5, 0.6) is 0 Å². The molecule has 10 nitrogen and oxygen atoms in total. The van der Waals surface area contributed by atoms with Gasteiger partial charge in [0, 0.05) is 12.8 Å². The summed E-state index contributed by atoms with van der Waals surface area (Å²) in [5, 5.41) is 0. The van der Waals surface area contributed by atoms with Crippen LogP contribution in [-0.4, -0.2) is 68.5 Å². The van der Waals surface area contributed by atoms with Crippen LogP contribution in [0.15, 0.2) is 0 Å². The van der Waals surface area contributed by atoms with Gasteiger partial charge in [-0.1, -0.05) is 19.3 Å². The molecule has 0 radical (unpaired) electrons. The first-order chi connectivity index (χ1) is 13.9. The van der Waals surface area contributed by atoms with Crippen molar-refractivity contribution in [2.75, 3.05) is 39.5 Å². The van der Waals surface area contributed by atoms with E-state index in [-0.39, 0.29) is 51.3 Å². The van der Waals surface area contributed by atoms with Crippen molar-refractivity contribution in [1.29, 1.82) is 0 Å². The van der Waals surface area contributed by atoms with Crippen molar-refractivity contribution < 1.29 is 38.1 Å². The van der Waals surface area contributed by atoms with Gasteiger partial charge >= 0.3 is 12.3 Å². The first kappa shape index (κ1) is 26.5. The lowest BCUT2D eigenvalue weighted by atomic mass is 10.1. The summed E-state index contributed by atoms with van der Waals surface area (Å²) in [5.41, 5.74) is 5.09. The maximum atomic E-state index is 12.4. The number of amides is 2. The zero-order chi connectivity index (χ0) is 21.9. The molecule has 0 aromatic rings. The Bertz CT molecular complexity index is 475. The summed E-state index contributed by atoms with van der Waals surface area (Å²) in [5.74, 6) is -0.423. The Morgan fingerprint density at radius 1 is 0.690 bits per heavy atom. The second-order valence-corrected chi connectivity index (χ2v) is 6.18. The normalized spacial score (nSPS) is 10.1. The van der Waals surface area contributed by atoms with E-state index in [4.69, 9.17) is 15.2 Å². The Hall–Kier alpha value is -2.52. The molecule has 0 fully saturated rings. The van der Waals surface area contributed by atoms with Gasteiger partial charge in [0.2, 0.25) is 11.8 Å². The minimum atomic E-state index is -0.793. The molecule has 2 amide bonds. The highest BCUT2D eigenvalue weighted by molar-refractivity contribution is 5.76. The monoisotopic (exact) mass is 418 g/mol. The van der Waals surface area contributed by atoms with E-state index in [0.29, 0.717) is 19.3 Å². The third kappa shape index (κ3) is 16.2. The number of carbonyl (C=O) groups is 4. The number of primary amides is 1. The molecule has 0 atom stereocenters. The highest BCUT2D eigenvalue weighted by atomic mass is 16.7. The van der Waals surface area contributed by atoms with Crippen molar-refractivity contribution in [2.45, 2.75) is 58.8 Å². The van der Waals surface area contributed by atoms with Crippen LogP contribution in [0, 0.1) is 0 Å². The summed E-state index contributed by atoms with van der Waals surface area (Å²) in [7, 11) is 0. The predicted octanol–water partition coefficient (Wildman–Crippen LogP) is 2.38. The number of hydrogen-bond acceptors (Lipinski definition) is 8. The van der Waals surface area contributed by atoms with Crippen molar-refractivity contribution in [3.8, 4) is 0 Å².